The minimum Gasteiger partial charge on any atom is -0.497 e. The van der Waals surface area contributed by atoms with Crippen LogP contribution < -0.4 is 14.4 Å². The molecule has 164 valence electrons. The summed E-state index contributed by atoms with van der Waals surface area (Å²) in [4.78, 5) is 6.12. The van der Waals surface area contributed by atoms with Crippen LogP contribution >= 0.6 is 22.7 Å². The molecule has 3 aromatic carbocycles. The van der Waals surface area contributed by atoms with Crippen LogP contribution in [0, 0.1) is 0 Å². The standard InChI is InChI=1S/C28H23NO2S2/c1-30-24-13-9-22(10-14-24)29(23-11-15-25(31-2)16-12-23)21-7-5-20(6-8-21)26-17-18-28(33-26)27-4-3-19-32-27/h3-19H,1-2H3. The number of rotatable bonds is 7. The number of hydrogen-bond donors (Lipinski definition) is 0. The van der Waals surface area contributed by atoms with Gasteiger partial charge in [0.1, 0.15) is 11.5 Å². The molecule has 0 aliphatic carbocycles. The molecule has 0 saturated carbocycles. The van der Waals surface area contributed by atoms with Crippen molar-refractivity contribution in [2.24, 2.45) is 0 Å². The fourth-order valence-corrected chi connectivity index (χ4v) is 5.57. The highest BCUT2D eigenvalue weighted by Crippen LogP contribution is 2.39. The highest BCUT2D eigenvalue weighted by Gasteiger charge is 2.14. The van der Waals surface area contributed by atoms with Crippen LogP contribution in [0.1, 0.15) is 0 Å². The molecule has 0 amide bonds. The second-order valence-electron chi connectivity index (χ2n) is 7.42. The molecule has 0 saturated heterocycles. The van der Waals surface area contributed by atoms with E-state index in [0.29, 0.717) is 0 Å². The minimum absolute atomic E-state index is 0.836. The van der Waals surface area contributed by atoms with Gasteiger partial charge < -0.3 is 14.4 Å². The Labute approximate surface area is 202 Å². The fourth-order valence-electron chi connectivity index (χ4n) is 3.73. The first-order chi connectivity index (χ1) is 16.2. The summed E-state index contributed by atoms with van der Waals surface area (Å²) in [5.41, 5.74) is 4.43. The zero-order valence-electron chi connectivity index (χ0n) is 18.4. The predicted molar refractivity (Wildman–Crippen MR) is 141 cm³/mol. The van der Waals surface area contributed by atoms with Gasteiger partial charge in [-0.1, -0.05) is 18.2 Å². The van der Waals surface area contributed by atoms with E-state index in [0.717, 1.165) is 28.6 Å². The quantitative estimate of drug-likeness (QED) is 0.238. The van der Waals surface area contributed by atoms with Crippen LogP contribution in [-0.2, 0) is 0 Å². The van der Waals surface area contributed by atoms with Crippen LogP contribution in [0.5, 0.6) is 11.5 Å². The molecule has 5 aromatic rings. The van der Waals surface area contributed by atoms with Crippen molar-refractivity contribution in [3.8, 4) is 31.7 Å². The molecule has 0 radical (unpaired) electrons. The molecule has 3 nitrogen and oxygen atoms in total. The molecule has 0 fully saturated rings. The average Bonchev–Trinajstić information content (AvgIpc) is 3.58. The van der Waals surface area contributed by atoms with Gasteiger partial charge in [0.2, 0.25) is 0 Å². The van der Waals surface area contributed by atoms with Gasteiger partial charge in [0.25, 0.3) is 0 Å². The molecule has 0 aliphatic heterocycles. The molecule has 0 bridgehead atoms. The summed E-state index contributed by atoms with van der Waals surface area (Å²) < 4.78 is 10.7. The Hall–Kier alpha value is -3.54. The van der Waals surface area contributed by atoms with E-state index in [2.05, 4.69) is 83.1 Å². The van der Waals surface area contributed by atoms with Crippen LogP contribution in [0.15, 0.2) is 102 Å². The van der Waals surface area contributed by atoms with Gasteiger partial charge in [-0.3, -0.25) is 0 Å². The van der Waals surface area contributed by atoms with Crippen molar-refractivity contribution in [3.63, 3.8) is 0 Å². The average molecular weight is 470 g/mol. The highest BCUT2D eigenvalue weighted by molar-refractivity contribution is 7.23. The van der Waals surface area contributed by atoms with Gasteiger partial charge >= 0.3 is 0 Å². The van der Waals surface area contributed by atoms with Crippen molar-refractivity contribution in [1.82, 2.24) is 0 Å². The number of ether oxygens (including phenoxy) is 2. The van der Waals surface area contributed by atoms with Gasteiger partial charge in [-0.2, -0.15) is 0 Å². The number of anilines is 3. The van der Waals surface area contributed by atoms with E-state index < -0.39 is 0 Å². The van der Waals surface area contributed by atoms with Crippen LogP contribution in [-0.4, -0.2) is 14.2 Å². The first-order valence-electron chi connectivity index (χ1n) is 10.6. The maximum atomic E-state index is 5.35. The summed E-state index contributed by atoms with van der Waals surface area (Å²) in [6.07, 6.45) is 0. The number of thiophene rings is 2. The van der Waals surface area contributed by atoms with Crippen LogP contribution in [0.25, 0.3) is 20.2 Å². The normalized spacial score (nSPS) is 10.7. The lowest BCUT2D eigenvalue weighted by atomic mass is 10.1. The number of benzene rings is 3. The Morgan fingerprint density at radius 2 is 1.06 bits per heavy atom. The van der Waals surface area contributed by atoms with Gasteiger partial charge in [0, 0.05) is 31.7 Å². The molecule has 5 rings (SSSR count). The van der Waals surface area contributed by atoms with Crippen molar-refractivity contribution in [3.05, 3.63) is 102 Å². The van der Waals surface area contributed by atoms with E-state index in [1.807, 2.05) is 35.6 Å². The molecule has 0 atom stereocenters. The first kappa shape index (κ1) is 21.3. The third-order valence-electron chi connectivity index (χ3n) is 5.44. The van der Waals surface area contributed by atoms with Crippen molar-refractivity contribution in [2.45, 2.75) is 0 Å². The molecule has 2 heterocycles. The summed E-state index contributed by atoms with van der Waals surface area (Å²) in [5, 5.41) is 2.12. The fraction of sp³-hybridized carbons (Fsp3) is 0.0714. The lowest BCUT2D eigenvalue weighted by Crippen LogP contribution is -2.09. The maximum Gasteiger partial charge on any atom is 0.119 e. The first-order valence-corrected chi connectivity index (χ1v) is 12.3. The van der Waals surface area contributed by atoms with Gasteiger partial charge in [-0.15, -0.1) is 22.7 Å². The Morgan fingerprint density at radius 3 is 1.55 bits per heavy atom. The number of hydrogen-bond acceptors (Lipinski definition) is 5. The Balaban J connectivity index is 1.49. The van der Waals surface area contributed by atoms with Gasteiger partial charge in [-0.05, 0) is 89.8 Å². The largest absolute Gasteiger partial charge is 0.497 e. The van der Waals surface area contributed by atoms with Crippen molar-refractivity contribution in [2.75, 3.05) is 19.1 Å². The number of nitrogens with zero attached hydrogens (tertiary/aromatic N) is 1. The summed E-state index contributed by atoms with van der Waals surface area (Å²) in [6.45, 7) is 0. The molecule has 2 aromatic heterocycles. The SMILES string of the molecule is COc1ccc(N(c2ccc(OC)cc2)c2ccc(-c3ccc(-c4cccs4)s3)cc2)cc1. The van der Waals surface area contributed by atoms with Crippen LogP contribution in [0.2, 0.25) is 0 Å². The maximum absolute atomic E-state index is 5.35. The molecule has 0 N–H and O–H groups in total. The molecule has 33 heavy (non-hydrogen) atoms. The Kier molecular flexibility index (Phi) is 6.15. The molecule has 5 heteroatoms. The molecule has 0 unspecified atom stereocenters. The summed E-state index contributed by atoms with van der Waals surface area (Å²) in [6, 6.07) is 33.7. The van der Waals surface area contributed by atoms with Crippen molar-refractivity contribution in [1.29, 1.82) is 0 Å². The Morgan fingerprint density at radius 1 is 0.545 bits per heavy atom. The monoisotopic (exact) mass is 469 g/mol. The van der Waals surface area contributed by atoms with Gasteiger partial charge in [0.05, 0.1) is 14.2 Å². The van der Waals surface area contributed by atoms with E-state index >= 15 is 0 Å². The smallest absolute Gasteiger partial charge is 0.119 e. The van der Waals surface area contributed by atoms with Crippen molar-refractivity contribution >= 4 is 39.7 Å². The van der Waals surface area contributed by atoms with E-state index in [1.54, 1.807) is 25.6 Å². The third-order valence-corrected chi connectivity index (χ3v) is 7.64. The number of methoxy groups -OCH3 is 2. The Bertz CT molecular complexity index is 1260. The summed E-state index contributed by atoms with van der Waals surface area (Å²) in [5.74, 6) is 1.67. The van der Waals surface area contributed by atoms with Gasteiger partial charge in [-0.25, -0.2) is 0 Å². The van der Waals surface area contributed by atoms with E-state index in [-0.39, 0.29) is 0 Å². The lowest BCUT2D eigenvalue weighted by molar-refractivity contribution is 0.415. The molecular weight excluding hydrogens is 446 g/mol. The van der Waals surface area contributed by atoms with Crippen LogP contribution in [0.3, 0.4) is 0 Å². The topological polar surface area (TPSA) is 21.7 Å². The van der Waals surface area contributed by atoms with E-state index in [4.69, 9.17) is 9.47 Å². The van der Waals surface area contributed by atoms with Crippen LogP contribution in [0.4, 0.5) is 17.1 Å². The zero-order chi connectivity index (χ0) is 22.6. The molecule has 0 spiro atoms. The predicted octanol–water partition coefficient (Wildman–Crippen LogP) is 8.63. The second-order valence-corrected chi connectivity index (χ2v) is 9.45. The molecular formula is C28H23NO2S2. The summed E-state index contributed by atoms with van der Waals surface area (Å²) >= 11 is 3.61. The minimum atomic E-state index is 0.836. The summed E-state index contributed by atoms with van der Waals surface area (Å²) in [7, 11) is 3.37. The second kappa shape index (κ2) is 9.53. The third kappa shape index (κ3) is 4.51. The molecule has 0 aliphatic rings. The zero-order valence-corrected chi connectivity index (χ0v) is 20.0. The highest BCUT2D eigenvalue weighted by atomic mass is 32.1. The van der Waals surface area contributed by atoms with Gasteiger partial charge in [0.15, 0.2) is 0 Å². The lowest BCUT2D eigenvalue weighted by Gasteiger charge is -2.26. The van der Waals surface area contributed by atoms with E-state index in [1.165, 1.54) is 20.2 Å². The van der Waals surface area contributed by atoms with Crippen molar-refractivity contribution < 1.29 is 9.47 Å². The van der Waals surface area contributed by atoms with E-state index in [9.17, 15) is 0 Å².